The molecule has 6 aromatic heterocycles. The Morgan fingerprint density at radius 2 is 0.797 bits per heavy atom. The van der Waals surface area contributed by atoms with Crippen LogP contribution < -0.4 is 0 Å². The quantitative estimate of drug-likeness (QED) is 0.160. The molecule has 7 nitrogen and oxygen atoms in total. The lowest BCUT2D eigenvalue weighted by Gasteiger charge is -2.27. The molecule has 298 valence electrons. The number of aromatic nitrogens is 6. The summed E-state index contributed by atoms with van der Waals surface area (Å²) in [6, 6.07) is 59.9. The number of benzene rings is 6. The van der Waals surface area contributed by atoms with Crippen molar-refractivity contribution in [3.8, 4) is 73.1 Å². The van der Waals surface area contributed by atoms with Crippen molar-refractivity contribution in [3.05, 3.63) is 219 Å². The number of pyridine rings is 4. The molecule has 6 heterocycles. The standard InChI is InChI=1S/C57H35N7/c58-32-45-51(37-14-10-28-59-33-37)53(39-16-12-30-61-35-39)57(54(40-17-13-31-62-36-40)52(45)38-15-11-29-60-34-38)44-22-6-9-25-48(44)64-47-24-8-5-21-43(47)56-50(64)27-26-49-55(56)42-20-4-7-23-46(42)63(49)41-18-2-1-3-19-41/h1-31,33-36H. The first kappa shape index (κ1) is 36.8. The van der Waals surface area contributed by atoms with E-state index < -0.39 is 0 Å². The molecule has 0 amide bonds. The molecule has 0 N–H and O–H groups in total. The molecule has 0 aliphatic rings. The zero-order valence-electron chi connectivity index (χ0n) is 34.3. The fourth-order valence-electron chi connectivity index (χ4n) is 9.84. The first-order valence-corrected chi connectivity index (χ1v) is 21.2. The Bertz CT molecular complexity index is 3660. The van der Waals surface area contributed by atoms with Gasteiger partial charge in [-0.1, -0.05) is 97.1 Å². The summed E-state index contributed by atoms with van der Waals surface area (Å²) in [5, 5.41) is 16.2. The van der Waals surface area contributed by atoms with Crippen LogP contribution in [0.4, 0.5) is 0 Å². The van der Waals surface area contributed by atoms with Gasteiger partial charge in [0.1, 0.15) is 6.07 Å². The largest absolute Gasteiger partial charge is 0.309 e. The highest BCUT2D eigenvalue weighted by molar-refractivity contribution is 6.29. The van der Waals surface area contributed by atoms with Gasteiger partial charge < -0.3 is 9.13 Å². The van der Waals surface area contributed by atoms with Crippen molar-refractivity contribution >= 4 is 43.6 Å². The fraction of sp³-hybridized carbons (Fsp3) is 0. The van der Waals surface area contributed by atoms with Gasteiger partial charge in [-0.3, -0.25) is 19.9 Å². The van der Waals surface area contributed by atoms with Gasteiger partial charge in [0, 0.05) is 132 Å². The molecule has 6 aromatic carbocycles. The van der Waals surface area contributed by atoms with Crippen molar-refractivity contribution < 1.29 is 0 Å². The molecule has 0 radical (unpaired) electrons. The van der Waals surface area contributed by atoms with Crippen LogP contribution in [0, 0.1) is 11.3 Å². The molecule has 7 heteroatoms. The normalized spacial score (nSPS) is 11.4. The summed E-state index contributed by atoms with van der Waals surface area (Å²) in [7, 11) is 0. The Balaban J connectivity index is 1.28. The van der Waals surface area contributed by atoms with Gasteiger partial charge in [0.05, 0.1) is 33.3 Å². The molecule has 0 saturated carbocycles. The predicted octanol–water partition coefficient (Wildman–Crippen LogP) is 13.7. The van der Waals surface area contributed by atoms with E-state index in [0.29, 0.717) is 5.56 Å². The topological polar surface area (TPSA) is 85.2 Å². The Hall–Kier alpha value is -8.99. The number of fused-ring (bicyclic) bond motifs is 7. The summed E-state index contributed by atoms with van der Waals surface area (Å²) in [5.74, 6) is 0. The number of hydrogen-bond donors (Lipinski definition) is 0. The van der Waals surface area contributed by atoms with Crippen LogP contribution in [0.1, 0.15) is 5.56 Å². The van der Waals surface area contributed by atoms with E-state index in [1.165, 1.54) is 16.2 Å². The average molecular weight is 818 g/mol. The SMILES string of the molecule is N#Cc1c(-c2cccnc2)c(-c2cccnc2)c(-c2ccccc2-n2c3ccccc3c3c4c5ccccc5n(-c5ccccc5)c4ccc32)c(-c2cccnc2)c1-c1cccnc1. The number of rotatable bonds is 7. The van der Waals surface area contributed by atoms with Crippen LogP contribution in [-0.4, -0.2) is 29.1 Å². The van der Waals surface area contributed by atoms with Gasteiger partial charge in [-0.15, -0.1) is 0 Å². The Morgan fingerprint density at radius 1 is 0.359 bits per heavy atom. The van der Waals surface area contributed by atoms with Crippen LogP contribution in [0.25, 0.3) is 111 Å². The lowest BCUT2D eigenvalue weighted by molar-refractivity contribution is 1.17. The first-order chi connectivity index (χ1) is 31.8. The van der Waals surface area contributed by atoms with Crippen LogP contribution in [0.15, 0.2) is 213 Å². The van der Waals surface area contributed by atoms with Gasteiger partial charge in [0.2, 0.25) is 0 Å². The monoisotopic (exact) mass is 817 g/mol. The van der Waals surface area contributed by atoms with Crippen LogP contribution in [-0.2, 0) is 0 Å². The fourth-order valence-corrected chi connectivity index (χ4v) is 9.84. The summed E-state index contributed by atoms with van der Waals surface area (Å²) in [6.45, 7) is 0. The molecule has 0 aliphatic heterocycles. The molecule has 0 fully saturated rings. The lowest BCUT2D eigenvalue weighted by Crippen LogP contribution is -2.05. The van der Waals surface area contributed by atoms with Crippen molar-refractivity contribution in [1.29, 1.82) is 5.26 Å². The highest BCUT2D eigenvalue weighted by Gasteiger charge is 2.31. The molecule has 0 unspecified atom stereocenters. The van der Waals surface area contributed by atoms with Gasteiger partial charge in [0.15, 0.2) is 0 Å². The Kier molecular flexibility index (Phi) is 8.73. The van der Waals surface area contributed by atoms with Crippen LogP contribution in [0.5, 0.6) is 0 Å². The van der Waals surface area contributed by atoms with Crippen molar-refractivity contribution in [2.75, 3.05) is 0 Å². The second-order valence-electron chi connectivity index (χ2n) is 15.7. The van der Waals surface area contributed by atoms with E-state index >= 15 is 0 Å². The molecule has 0 saturated heterocycles. The molecule has 0 atom stereocenters. The molecular formula is C57H35N7. The van der Waals surface area contributed by atoms with Crippen molar-refractivity contribution in [3.63, 3.8) is 0 Å². The first-order valence-electron chi connectivity index (χ1n) is 21.2. The lowest BCUT2D eigenvalue weighted by atomic mass is 9.76. The average Bonchev–Trinajstić information content (AvgIpc) is 3.89. The van der Waals surface area contributed by atoms with Crippen molar-refractivity contribution in [2.24, 2.45) is 0 Å². The summed E-state index contributed by atoms with van der Waals surface area (Å²) in [4.78, 5) is 18.5. The number of hydrogen-bond acceptors (Lipinski definition) is 5. The second kappa shape index (κ2) is 15.2. The van der Waals surface area contributed by atoms with Gasteiger partial charge in [-0.05, 0) is 66.7 Å². The van der Waals surface area contributed by atoms with Gasteiger partial charge >= 0.3 is 0 Å². The molecule has 0 spiro atoms. The van der Waals surface area contributed by atoms with Crippen molar-refractivity contribution in [1.82, 2.24) is 29.1 Å². The molecule has 12 rings (SSSR count). The third kappa shape index (κ3) is 5.67. The number of nitriles is 1. The molecule has 12 aromatic rings. The van der Waals surface area contributed by atoms with Gasteiger partial charge in [0.25, 0.3) is 0 Å². The maximum absolute atomic E-state index is 11.5. The summed E-state index contributed by atoms with van der Waals surface area (Å²) >= 11 is 0. The minimum Gasteiger partial charge on any atom is -0.309 e. The smallest absolute Gasteiger partial charge is 0.100 e. The molecule has 0 aliphatic carbocycles. The van der Waals surface area contributed by atoms with Gasteiger partial charge in [-0.2, -0.15) is 5.26 Å². The van der Waals surface area contributed by atoms with Gasteiger partial charge in [-0.25, -0.2) is 0 Å². The Morgan fingerprint density at radius 3 is 1.30 bits per heavy atom. The second-order valence-corrected chi connectivity index (χ2v) is 15.7. The van der Waals surface area contributed by atoms with E-state index in [-0.39, 0.29) is 0 Å². The minimum absolute atomic E-state index is 0.508. The van der Waals surface area contributed by atoms with Crippen LogP contribution >= 0.6 is 0 Å². The zero-order valence-corrected chi connectivity index (χ0v) is 34.3. The minimum atomic E-state index is 0.508. The summed E-state index contributed by atoms with van der Waals surface area (Å²) in [5.41, 5.74) is 15.6. The third-order valence-corrected chi connectivity index (χ3v) is 12.3. The van der Waals surface area contributed by atoms with E-state index in [0.717, 1.165) is 94.5 Å². The molecule has 64 heavy (non-hydrogen) atoms. The van der Waals surface area contributed by atoms with E-state index in [1.807, 2.05) is 61.2 Å². The van der Waals surface area contributed by atoms with E-state index in [1.54, 1.807) is 24.8 Å². The molecule has 0 bridgehead atoms. The summed E-state index contributed by atoms with van der Waals surface area (Å²) < 4.78 is 4.79. The summed E-state index contributed by atoms with van der Waals surface area (Å²) in [6.07, 6.45) is 14.5. The Labute approximate surface area is 368 Å². The number of para-hydroxylation sites is 4. The van der Waals surface area contributed by atoms with Crippen LogP contribution in [0.2, 0.25) is 0 Å². The maximum Gasteiger partial charge on any atom is 0.100 e. The third-order valence-electron chi connectivity index (χ3n) is 12.3. The number of nitrogens with zero attached hydrogens (tertiary/aromatic N) is 7. The molecular weight excluding hydrogens is 783 g/mol. The van der Waals surface area contributed by atoms with Crippen LogP contribution in [0.3, 0.4) is 0 Å². The predicted molar refractivity (Wildman–Crippen MR) is 258 cm³/mol. The highest BCUT2D eigenvalue weighted by atomic mass is 15.0. The highest BCUT2D eigenvalue weighted by Crippen LogP contribution is 2.54. The van der Waals surface area contributed by atoms with Crippen molar-refractivity contribution in [2.45, 2.75) is 0 Å². The van der Waals surface area contributed by atoms with E-state index in [2.05, 4.69) is 163 Å². The van der Waals surface area contributed by atoms with E-state index in [4.69, 9.17) is 0 Å². The van der Waals surface area contributed by atoms with E-state index in [9.17, 15) is 5.26 Å². The zero-order chi connectivity index (χ0) is 42.6. The maximum atomic E-state index is 11.5.